The Hall–Kier alpha value is -4.96. The van der Waals surface area contributed by atoms with Gasteiger partial charge in [0.1, 0.15) is 0 Å². The third-order valence-corrected chi connectivity index (χ3v) is 7.30. The van der Waals surface area contributed by atoms with Gasteiger partial charge in [-0.25, -0.2) is 9.79 Å². The van der Waals surface area contributed by atoms with Gasteiger partial charge in [-0.2, -0.15) is 0 Å². The number of nitrogens with zero attached hydrogens (tertiary/aromatic N) is 3. The maximum absolute atomic E-state index is 13.1. The van der Waals surface area contributed by atoms with Gasteiger partial charge in [-0.15, -0.1) is 0 Å². The average molecular weight is 554 g/mol. The highest BCUT2D eigenvalue weighted by Crippen LogP contribution is 2.33. The van der Waals surface area contributed by atoms with Crippen molar-refractivity contribution in [2.24, 2.45) is 4.99 Å². The van der Waals surface area contributed by atoms with Crippen molar-refractivity contribution < 1.29 is 24.6 Å². The van der Waals surface area contributed by atoms with Gasteiger partial charge in [-0.1, -0.05) is 30.3 Å². The first kappa shape index (κ1) is 27.6. The molecule has 210 valence electrons. The lowest BCUT2D eigenvalue weighted by Crippen LogP contribution is -2.50. The van der Waals surface area contributed by atoms with E-state index in [1.807, 2.05) is 35.2 Å². The first-order valence-corrected chi connectivity index (χ1v) is 13.3. The molecule has 10 nitrogen and oxygen atoms in total. The van der Waals surface area contributed by atoms with Crippen molar-refractivity contribution in [3.8, 4) is 5.88 Å². The molecule has 2 amide bonds. The third kappa shape index (κ3) is 5.82. The number of aromatic amines is 1. The number of piperazine rings is 1. The highest BCUT2D eigenvalue weighted by molar-refractivity contribution is 6.22. The predicted molar refractivity (Wildman–Crippen MR) is 156 cm³/mol. The van der Waals surface area contributed by atoms with E-state index in [1.165, 1.54) is 6.07 Å². The smallest absolute Gasteiger partial charge is 0.336 e. The summed E-state index contributed by atoms with van der Waals surface area (Å²) in [5.41, 5.74) is 4.05. The SMILES string of the molecule is CNC(=O)CN1CCN(C(=O)c2ccc(N=C(c3ccccc3)c3c(O)[nH]c4cc(C(=O)O)c(C)cc34)cc2)CC1. The number of carbonyl (C=O) groups excluding carboxylic acids is 2. The molecule has 1 aromatic heterocycles. The molecule has 0 spiro atoms. The molecule has 41 heavy (non-hydrogen) atoms. The van der Waals surface area contributed by atoms with Crippen LogP contribution in [0.2, 0.25) is 0 Å². The topological polar surface area (TPSA) is 138 Å². The Morgan fingerprint density at radius 2 is 1.63 bits per heavy atom. The Morgan fingerprint density at radius 3 is 2.27 bits per heavy atom. The van der Waals surface area contributed by atoms with Crippen molar-refractivity contribution in [2.45, 2.75) is 6.92 Å². The van der Waals surface area contributed by atoms with Gasteiger partial charge in [0, 0.05) is 55.3 Å². The Bertz CT molecular complexity index is 1640. The number of carbonyl (C=O) groups is 3. The van der Waals surface area contributed by atoms with Crippen LogP contribution in [0.5, 0.6) is 5.88 Å². The monoisotopic (exact) mass is 553 g/mol. The average Bonchev–Trinajstić information content (AvgIpc) is 3.30. The zero-order valence-electron chi connectivity index (χ0n) is 22.8. The maximum atomic E-state index is 13.1. The summed E-state index contributed by atoms with van der Waals surface area (Å²) >= 11 is 0. The number of hydrogen-bond donors (Lipinski definition) is 4. The lowest BCUT2D eigenvalue weighted by atomic mass is 9.98. The first-order chi connectivity index (χ1) is 19.7. The van der Waals surface area contributed by atoms with Gasteiger partial charge in [0.2, 0.25) is 5.91 Å². The van der Waals surface area contributed by atoms with E-state index in [0.29, 0.717) is 71.7 Å². The molecule has 1 aliphatic heterocycles. The number of carboxylic acid groups (broad SMARTS) is 1. The first-order valence-electron chi connectivity index (χ1n) is 13.3. The third-order valence-electron chi connectivity index (χ3n) is 7.30. The number of fused-ring (bicyclic) bond motifs is 1. The number of amides is 2. The van der Waals surface area contributed by atoms with Crippen LogP contribution in [-0.4, -0.2) is 88.3 Å². The van der Waals surface area contributed by atoms with E-state index in [2.05, 4.69) is 10.3 Å². The van der Waals surface area contributed by atoms with Crippen LogP contribution in [0, 0.1) is 6.92 Å². The summed E-state index contributed by atoms with van der Waals surface area (Å²) in [6.07, 6.45) is 0. The van der Waals surface area contributed by atoms with Gasteiger partial charge >= 0.3 is 5.97 Å². The fraction of sp³-hybridized carbons (Fsp3) is 0.226. The number of aryl methyl sites for hydroxylation is 1. The van der Waals surface area contributed by atoms with Crippen molar-refractivity contribution in [2.75, 3.05) is 39.8 Å². The van der Waals surface area contributed by atoms with E-state index in [1.54, 1.807) is 49.2 Å². The molecule has 4 N–H and O–H groups in total. The van der Waals surface area contributed by atoms with Crippen LogP contribution in [0.3, 0.4) is 0 Å². The number of benzene rings is 3. The number of nitrogens with one attached hydrogen (secondary N) is 2. The van der Waals surface area contributed by atoms with E-state index in [4.69, 9.17) is 4.99 Å². The molecule has 0 saturated carbocycles. The van der Waals surface area contributed by atoms with Crippen LogP contribution in [0.4, 0.5) is 5.69 Å². The van der Waals surface area contributed by atoms with E-state index < -0.39 is 5.97 Å². The van der Waals surface area contributed by atoms with Crippen molar-refractivity contribution in [1.29, 1.82) is 0 Å². The van der Waals surface area contributed by atoms with Crippen LogP contribution in [-0.2, 0) is 4.79 Å². The number of aromatic nitrogens is 1. The standard InChI is InChI=1S/C31H31N5O5/c1-19-16-24-25(17-23(19)31(40)41)34-29(38)27(24)28(20-6-4-3-5-7-20)33-22-10-8-21(9-11-22)30(39)36-14-12-35(13-15-36)18-26(37)32-2/h3-11,16-17,34,38H,12-15,18H2,1-2H3,(H,32,37)(H,40,41). The second-order valence-electron chi connectivity index (χ2n) is 9.98. The lowest BCUT2D eigenvalue weighted by Gasteiger charge is -2.34. The Morgan fingerprint density at radius 1 is 0.951 bits per heavy atom. The second-order valence-corrected chi connectivity index (χ2v) is 9.98. The van der Waals surface area contributed by atoms with Crippen LogP contribution in [0.1, 0.15) is 37.4 Å². The fourth-order valence-electron chi connectivity index (χ4n) is 5.05. The van der Waals surface area contributed by atoms with E-state index >= 15 is 0 Å². The van der Waals surface area contributed by atoms with Crippen LogP contribution < -0.4 is 5.32 Å². The molecule has 4 aromatic rings. The second kappa shape index (κ2) is 11.6. The summed E-state index contributed by atoms with van der Waals surface area (Å²) in [5.74, 6) is -1.29. The quantitative estimate of drug-likeness (QED) is 0.258. The normalized spacial score (nSPS) is 14.3. The summed E-state index contributed by atoms with van der Waals surface area (Å²) in [6.45, 7) is 4.37. The minimum absolute atomic E-state index is 0.0445. The van der Waals surface area contributed by atoms with Crippen molar-refractivity contribution in [1.82, 2.24) is 20.1 Å². The van der Waals surface area contributed by atoms with Gasteiger partial charge in [0.05, 0.1) is 29.1 Å². The van der Waals surface area contributed by atoms with Gasteiger partial charge in [-0.05, 0) is 48.9 Å². The number of rotatable bonds is 7. The highest BCUT2D eigenvalue weighted by Gasteiger charge is 2.24. The van der Waals surface area contributed by atoms with Gasteiger partial charge in [-0.3, -0.25) is 14.5 Å². The molecular weight excluding hydrogens is 522 g/mol. The predicted octanol–water partition coefficient (Wildman–Crippen LogP) is 3.55. The maximum Gasteiger partial charge on any atom is 0.336 e. The van der Waals surface area contributed by atoms with Gasteiger partial charge < -0.3 is 25.4 Å². The molecule has 10 heteroatoms. The molecule has 0 unspecified atom stereocenters. The molecule has 2 heterocycles. The molecular formula is C31H31N5O5. The summed E-state index contributed by atoms with van der Waals surface area (Å²) in [7, 11) is 1.61. The Labute approximate surface area is 236 Å². The molecule has 0 atom stereocenters. The number of H-pyrrole nitrogens is 1. The number of aromatic carboxylic acids is 1. The zero-order chi connectivity index (χ0) is 29.1. The highest BCUT2D eigenvalue weighted by atomic mass is 16.4. The molecule has 1 fully saturated rings. The number of likely N-dealkylation sites (N-methyl/N-ethyl adjacent to an activating group) is 1. The molecule has 1 aliphatic rings. The number of aliphatic imine (C=N–C) groups is 1. The summed E-state index contributed by atoms with van der Waals surface area (Å²) < 4.78 is 0. The largest absolute Gasteiger partial charge is 0.494 e. The summed E-state index contributed by atoms with van der Waals surface area (Å²) in [6, 6.07) is 19.7. The summed E-state index contributed by atoms with van der Waals surface area (Å²) in [5, 5.41) is 23.8. The Kier molecular flexibility index (Phi) is 7.84. The van der Waals surface area contributed by atoms with Crippen LogP contribution in [0.15, 0.2) is 71.7 Å². The Balaban J connectivity index is 1.44. The van der Waals surface area contributed by atoms with Gasteiger partial charge in [0.15, 0.2) is 5.88 Å². The minimum Gasteiger partial charge on any atom is -0.494 e. The zero-order valence-corrected chi connectivity index (χ0v) is 22.8. The molecule has 0 bridgehead atoms. The van der Waals surface area contributed by atoms with Crippen molar-refractivity contribution in [3.05, 3.63) is 94.5 Å². The number of aromatic hydroxyl groups is 1. The van der Waals surface area contributed by atoms with Crippen molar-refractivity contribution in [3.63, 3.8) is 0 Å². The molecule has 0 aliphatic carbocycles. The van der Waals surface area contributed by atoms with Crippen LogP contribution >= 0.6 is 0 Å². The molecule has 0 radical (unpaired) electrons. The van der Waals surface area contributed by atoms with Crippen LogP contribution in [0.25, 0.3) is 10.9 Å². The number of carboxylic acids is 1. The minimum atomic E-state index is -1.04. The summed E-state index contributed by atoms with van der Waals surface area (Å²) in [4.78, 5) is 48.0. The fourth-order valence-corrected chi connectivity index (χ4v) is 5.05. The van der Waals surface area contributed by atoms with E-state index in [9.17, 15) is 24.6 Å². The van der Waals surface area contributed by atoms with Gasteiger partial charge in [0.25, 0.3) is 5.91 Å². The van der Waals surface area contributed by atoms with E-state index in [-0.39, 0.29) is 23.3 Å². The van der Waals surface area contributed by atoms with Crippen molar-refractivity contribution >= 4 is 40.1 Å². The number of hydrogen-bond acceptors (Lipinski definition) is 6. The molecule has 5 rings (SSSR count). The lowest BCUT2D eigenvalue weighted by molar-refractivity contribution is -0.122. The molecule has 1 saturated heterocycles. The molecule has 3 aromatic carbocycles. The van der Waals surface area contributed by atoms with E-state index in [0.717, 1.165) is 5.56 Å².